The first kappa shape index (κ1) is 32.0. The van der Waals surface area contributed by atoms with Gasteiger partial charge in [0.15, 0.2) is 5.69 Å². The Morgan fingerprint density at radius 2 is 1.73 bits per heavy atom. The van der Waals surface area contributed by atoms with Crippen LogP contribution in [0.4, 0.5) is 0 Å². The number of benzene rings is 1. The van der Waals surface area contributed by atoms with E-state index in [2.05, 4.69) is 34.3 Å². The number of carbonyl (C=O) groups is 3. The third kappa shape index (κ3) is 9.50. The van der Waals surface area contributed by atoms with Gasteiger partial charge < -0.3 is 24.8 Å². The van der Waals surface area contributed by atoms with Crippen LogP contribution in [0.5, 0.6) is 11.5 Å². The van der Waals surface area contributed by atoms with E-state index in [1.54, 1.807) is 25.0 Å². The summed E-state index contributed by atoms with van der Waals surface area (Å²) in [6, 6.07) is 6.89. The molecular weight excluding hydrogens is 524 g/mol. The number of carbonyl (C=O) groups excluding carboxylic acids is 3. The van der Waals surface area contributed by atoms with Crippen LogP contribution in [0.1, 0.15) is 82.1 Å². The lowest BCUT2D eigenvalue weighted by molar-refractivity contribution is -0.141. The Balaban J connectivity index is 1.81. The maximum absolute atomic E-state index is 13.6. The average Bonchev–Trinajstić information content (AvgIpc) is 3.38. The third-order valence-electron chi connectivity index (χ3n) is 7.55. The fraction of sp³-hybridized carbons (Fsp3) is 0.613. The van der Waals surface area contributed by atoms with Crippen molar-refractivity contribution in [1.82, 2.24) is 20.4 Å². The van der Waals surface area contributed by atoms with E-state index in [0.717, 1.165) is 18.4 Å². The van der Waals surface area contributed by atoms with E-state index < -0.39 is 12.0 Å². The number of amides is 2. The highest BCUT2D eigenvalue weighted by Crippen LogP contribution is 2.39. The molecule has 1 atom stereocenters. The van der Waals surface area contributed by atoms with Crippen molar-refractivity contribution in [1.29, 1.82) is 0 Å². The quantitative estimate of drug-likeness (QED) is 0.297. The minimum Gasteiger partial charge on any atom is -0.496 e. The Kier molecular flexibility index (Phi) is 12.5. The van der Waals surface area contributed by atoms with Crippen molar-refractivity contribution in [3.63, 3.8) is 0 Å². The van der Waals surface area contributed by atoms with E-state index in [9.17, 15) is 14.4 Å². The predicted molar refractivity (Wildman–Crippen MR) is 157 cm³/mol. The van der Waals surface area contributed by atoms with Gasteiger partial charge >= 0.3 is 5.97 Å². The highest BCUT2D eigenvalue weighted by atomic mass is 16.5. The minimum atomic E-state index is -0.522. The van der Waals surface area contributed by atoms with Crippen LogP contribution in [0, 0.1) is 11.8 Å². The molecule has 10 nitrogen and oxygen atoms in total. The molecule has 0 aliphatic heterocycles. The van der Waals surface area contributed by atoms with Gasteiger partial charge in [0.25, 0.3) is 5.91 Å². The second-order valence-corrected chi connectivity index (χ2v) is 11.2. The zero-order chi connectivity index (χ0) is 29.8. The van der Waals surface area contributed by atoms with Gasteiger partial charge in [-0.3, -0.25) is 19.1 Å². The molecule has 2 amide bonds. The van der Waals surface area contributed by atoms with Gasteiger partial charge in [0.05, 0.1) is 32.6 Å². The number of hydrogen-bond donors (Lipinski definition) is 2. The first-order valence-corrected chi connectivity index (χ1v) is 14.7. The van der Waals surface area contributed by atoms with Crippen molar-refractivity contribution in [2.45, 2.75) is 84.2 Å². The van der Waals surface area contributed by atoms with E-state index in [0.29, 0.717) is 36.1 Å². The van der Waals surface area contributed by atoms with Crippen LogP contribution >= 0.6 is 0 Å². The largest absolute Gasteiger partial charge is 0.496 e. The third-order valence-corrected chi connectivity index (χ3v) is 7.55. The molecule has 41 heavy (non-hydrogen) atoms. The normalized spacial score (nSPS) is 14.4. The summed E-state index contributed by atoms with van der Waals surface area (Å²) in [5, 5.41) is 10.3. The Morgan fingerprint density at radius 3 is 2.34 bits per heavy atom. The molecule has 2 N–H and O–H groups in total. The van der Waals surface area contributed by atoms with Crippen LogP contribution in [0.15, 0.2) is 24.3 Å². The number of rotatable bonds is 15. The molecular formula is C31H46N4O6. The van der Waals surface area contributed by atoms with Crippen LogP contribution < -0.4 is 20.1 Å². The van der Waals surface area contributed by atoms with Crippen LogP contribution in [-0.2, 0) is 20.9 Å². The van der Waals surface area contributed by atoms with Crippen molar-refractivity contribution in [3.05, 3.63) is 30.0 Å². The fourth-order valence-corrected chi connectivity index (χ4v) is 5.47. The van der Waals surface area contributed by atoms with Crippen molar-refractivity contribution in [2.75, 3.05) is 27.9 Å². The lowest BCUT2D eigenvalue weighted by Crippen LogP contribution is -2.40. The van der Waals surface area contributed by atoms with Gasteiger partial charge in [0.2, 0.25) is 5.91 Å². The van der Waals surface area contributed by atoms with Crippen molar-refractivity contribution in [3.8, 4) is 22.8 Å². The number of nitrogens with one attached hydrogen (secondary N) is 2. The molecule has 2 aromatic rings. The molecule has 0 saturated heterocycles. The molecule has 1 aromatic carbocycles. The summed E-state index contributed by atoms with van der Waals surface area (Å²) in [5.41, 5.74) is 1.68. The molecule has 10 heteroatoms. The lowest BCUT2D eigenvalue weighted by atomic mass is 9.85. The van der Waals surface area contributed by atoms with Gasteiger partial charge in [0.1, 0.15) is 18.0 Å². The Hall–Kier alpha value is -3.56. The highest BCUT2D eigenvalue weighted by Gasteiger charge is 2.25. The summed E-state index contributed by atoms with van der Waals surface area (Å²) in [6.07, 6.45) is 9.07. The number of methoxy groups -OCH3 is 3. The standard InChI is InChI=1S/C31H46N4O6/c1-21(2)20-35-25(30-26(39-3)15-10-16-27(30)40-4)18-24(34-35)31(38)33-23(17-28(36)32-19-29(37)41-5)14-9-13-22-11-7-6-8-12-22/h10,15-16,18,21-23H,6-9,11-14,17,19-20H2,1-5H3,(H,32,36)(H,33,38). The number of ether oxygens (including phenoxy) is 3. The zero-order valence-electron chi connectivity index (χ0n) is 25.2. The maximum atomic E-state index is 13.6. The van der Waals surface area contributed by atoms with E-state index >= 15 is 0 Å². The van der Waals surface area contributed by atoms with E-state index in [-0.39, 0.29) is 36.4 Å². The summed E-state index contributed by atoms with van der Waals surface area (Å²) >= 11 is 0. The van der Waals surface area contributed by atoms with Gasteiger partial charge in [0, 0.05) is 19.0 Å². The summed E-state index contributed by atoms with van der Waals surface area (Å²) in [5.74, 6) is 1.02. The molecule has 1 saturated carbocycles. The van der Waals surface area contributed by atoms with Crippen molar-refractivity contribution >= 4 is 17.8 Å². The summed E-state index contributed by atoms with van der Waals surface area (Å²) in [6.45, 7) is 4.55. The number of nitrogens with zero attached hydrogens (tertiary/aromatic N) is 2. The Bertz CT molecular complexity index is 1130. The second-order valence-electron chi connectivity index (χ2n) is 11.2. The van der Waals surface area contributed by atoms with Gasteiger partial charge in [-0.05, 0) is 36.5 Å². The molecule has 0 radical (unpaired) electrons. The van der Waals surface area contributed by atoms with Crippen LogP contribution in [-0.4, -0.2) is 61.5 Å². The Morgan fingerprint density at radius 1 is 1.05 bits per heavy atom. The van der Waals surface area contributed by atoms with E-state index in [1.165, 1.54) is 39.2 Å². The van der Waals surface area contributed by atoms with Crippen molar-refractivity contribution in [2.24, 2.45) is 11.8 Å². The molecule has 0 bridgehead atoms. The molecule has 3 rings (SSSR count). The highest BCUT2D eigenvalue weighted by molar-refractivity contribution is 5.94. The van der Waals surface area contributed by atoms with Gasteiger partial charge in [-0.25, -0.2) is 0 Å². The second kappa shape index (κ2) is 16.0. The van der Waals surface area contributed by atoms with Crippen LogP contribution in [0.25, 0.3) is 11.3 Å². The molecule has 0 spiro atoms. The van der Waals surface area contributed by atoms with E-state index in [1.807, 2.05) is 18.2 Å². The zero-order valence-corrected chi connectivity index (χ0v) is 25.2. The minimum absolute atomic E-state index is 0.0628. The summed E-state index contributed by atoms with van der Waals surface area (Å²) in [7, 11) is 4.46. The van der Waals surface area contributed by atoms with Gasteiger partial charge in [-0.15, -0.1) is 0 Å². The topological polar surface area (TPSA) is 121 Å². The van der Waals surface area contributed by atoms with Crippen LogP contribution in [0.3, 0.4) is 0 Å². The maximum Gasteiger partial charge on any atom is 0.325 e. The number of aromatic nitrogens is 2. The molecule has 1 heterocycles. The SMILES string of the molecule is COC(=O)CNC(=O)CC(CCCC1CCCCC1)NC(=O)c1cc(-c2c(OC)cccc2OC)n(CC(C)C)n1. The smallest absolute Gasteiger partial charge is 0.325 e. The summed E-state index contributed by atoms with van der Waals surface area (Å²) < 4.78 is 17.7. The monoisotopic (exact) mass is 570 g/mol. The first-order chi connectivity index (χ1) is 19.7. The Labute approximate surface area is 243 Å². The fourth-order valence-electron chi connectivity index (χ4n) is 5.47. The molecule has 226 valence electrons. The number of esters is 1. The van der Waals surface area contributed by atoms with Crippen molar-refractivity contribution < 1.29 is 28.6 Å². The number of hydrogen-bond acceptors (Lipinski definition) is 7. The first-order valence-electron chi connectivity index (χ1n) is 14.7. The molecule has 1 fully saturated rings. The van der Waals surface area contributed by atoms with Gasteiger partial charge in [-0.2, -0.15) is 5.10 Å². The summed E-state index contributed by atoms with van der Waals surface area (Å²) in [4.78, 5) is 37.7. The average molecular weight is 571 g/mol. The van der Waals surface area contributed by atoms with Gasteiger partial charge in [-0.1, -0.05) is 64.9 Å². The van der Waals surface area contributed by atoms with Crippen LogP contribution in [0.2, 0.25) is 0 Å². The van der Waals surface area contributed by atoms with E-state index in [4.69, 9.17) is 9.47 Å². The predicted octanol–water partition coefficient (Wildman–Crippen LogP) is 4.75. The molecule has 1 aromatic heterocycles. The molecule has 1 aliphatic rings. The lowest BCUT2D eigenvalue weighted by Gasteiger charge is -2.23. The molecule has 1 unspecified atom stereocenters. The molecule has 1 aliphatic carbocycles.